The SMILES string of the molecule is COc1ccc(C(=O)NCC(=O)OC(C)C#N)cc1OC. The van der Waals surface area contributed by atoms with Crippen LogP contribution >= 0.6 is 0 Å². The smallest absolute Gasteiger partial charge is 0.326 e. The molecule has 0 saturated heterocycles. The second-order valence-electron chi connectivity index (χ2n) is 4.01. The maximum absolute atomic E-state index is 11.9. The molecule has 0 aliphatic carbocycles. The van der Waals surface area contributed by atoms with E-state index in [1.165, 1.54) is 27.2 Å². The van der Waals surface area contributed by atoms with Crippen LogP contribution in [-0.2, 0) is 9.53 Å². The van der Waals surface area contributed by atoms with Gasteiger partial charge in [0, 0.05) is 5.56 Å². The molecule has 0 saturated carbocycles. The lowest BCUT2D eigenvalue weighted by Gasteiger charge is -2.10. The van der Waals surface area contributed by atoms with Crippen molar-refractivity contribution in [3.63, 3.8) is 0 Å². The number of nitriles is 1. The highest BCUT2D eigenvalue weighted by Crippen LogP contribution is 2.27. The van der Waals surface area contributed by atoms with Gasteiger partial charge >= 0.3 is 5.97 Å². The van der Waals surface area contributed by atoms with Crippen LogP contribution < -0.4 is 14.8 Å². The molecule has 1 atom stereocenters. The average Bonchev–Trinajstić information content (AvgIpc) is 2.51. The number of nitrogens with one attached hydrogen (secondary N) is 1. The lowest BCUT2D eigenvalue weighted by Crippen LogP contribution is -2.31. The van der Waals surface area contributed by atoms with Crippen molar-refractivity contribution in [2.45, 2.75) is 13.0 Å². The van der Waals surface area contributed by atoms with E-state index in [0.717, 1.165) is 0 Å². The molecule has 0 heterocycles. The normalized spacial score (nSPS) is 11.0. The highest BCUT2D eigenvalue weighted by atomic mass is 16.5. The van der Waals surface area contributed by atoms with Crippen LogP contribution in [-0.4, -0.2) is 38.7 Å². The molecule has 7 heteroatoms. The van der Waals surface area contributed by atoms with Crippen molar-refractivity contribution in [2.24, 2.45) is 0 Å². The van der Waals surface area contributed by atoms with Crippen LogP contribution in [0.5, 0.6) is 11.5 Å². The molecule has 1 aromatic carbocycles. The molecule has 1 N–H and O–H groups in total. The van der Waals surface area contributed by atoms with Crippen molar-refractivity contribution in [1.82, 2.24) is 5.32 Å². The lowest BCUT2D eigenvalue weighted by atomic mass is 10.2. The molecule has 0 aliphatic heterocycles. The lowest BCUT2D eigenvalue weighted by molar-refractivity contribution is -0.144. The molecular weight excluding hydrogens is 276 g/mol. The predicted molar refractivity (Wildman–Crippen MR) is 73.0 cm³/mol. The molecule has 1 rings (SSSR count). The van der Waals surface area contributed by atoms with E-state index in [4.69, 9.17) is 19.5 Å². The summed E-state index contributed by atoms with van der Waals surface area (Å²) in [5.74, 6) is -0.238. The Kier molecular flexibility index (Phi) is 6.01. The van der Waals surface area contributed by atoms with Gasteiger partial charge in [0.05, 0.1) is 14.2 Å². The summed E-state index contributed by atoms with van der Waals surface area (Å²) in [6.45, 7) is 1.12. The Balaban J connectivity index is 2.64. The average molecular weight is 292 g/mol. The van der Waals surface area contributed by atoms with Gasteiger partial charge in [0.2, 0.25) is 0 Å². The number of hydrogen-bond acceptors (Lipinski definition) is 6. The van der Waals surface area contributed by atoms with E-state index < -0.39 is 18.0 Å². The zero-order valence-corrected chi connectivity index (χ0v) is 12.0. The third-order valence-corrected chi connectivity index (χ3v) is 2.53. The molecule has 0 aliphatic rings. The molecule has 112 valence electrons. The Morgan fingerprint density at radius 2 is 1.95 bits per heavy atom. The Morgan fingerprint density at radius 1 is 1.29 bits per heavy atom. The Bertz CT molecular complexity index is 565. The highest BCUT2D eigenvalue weighted by Gasteiger charge is 2.13. The first-order chi connectivity index (χ1) is 10.0. The summed E-state index contributed by atoms with van der Waals surface area (Å²) in [6.07, 6.45) is -0.851. The molecule has 1 unspecified atom stereocenters. The van der Waals surface area contributed by atoms with Gasteiger partial charge in [-0.15, -0.1) is 0 Å². The molecule has 1 aromatic rings. The van der Waals surface area contributed by atoms with Crippen molar-refractivity contribution >= 4 is 11.9 Å². The van der Waals surface area contributed by atoms with Crippen LogP contribution in [0.2, 0.25) is 0 Å². The molecule has 0 radical (unpaired) electrons. The molecule has 1 amide bonds. The molecule has 7 nitrogen and oxygen atoms in total. The molecule has 0 spiro atoms. The number of amides is 1. The van der Waals surface area contributed by atoms with Crippen molar-refractivity contribution in [1.29, 1.82) is 5.26 Å². The number of benzene rings is 1. The largest absolute Gasteiger partial charge is 0.493 e. The van der Waals surface area contributed by atoms with Gasteiger partial charge in [-0.2, -0.15) is 5.26 Å². The van der Waals surface area contributed by atoms with E-state index in [9.17, 15) is 9.59 Å². The second-order valence-corrected chi connectivity index (χ2v) is 4.01. The Morgan fingerprint density at radius 3 is 2.52 bits per heavy atom. The number of methoxy groups -OCH3 is 2. The van der Waals surface area contributed by atoms with Gasteiger partial charge < -0.3 is 19.5 Å². The first-order valence-corrected chi connectivity index (χ1v) is 6.11. The third kappa shape index (κ3) is 4.69. The van der Waals surface area contributed by atoms with Crippen LogP contribution in [0, 0.1) is 11.3 Å². The van der Waals surface area contributed by atoms with Gasteiger partial charge in [0.15, 0.2) is 17.6 Å². The van der Waals surface area contributed by atoms with E-state index in [1.807, 2.05) is 0 Å². The third-order valence-electron chi connectivity index (χ3n) is 2.53. The second kappa shape index (κ2) is 7.75. The van der Waals surface area contributed by atoms with Crippen molar-refractivity contribution in [2.75, 3.05) is 20.8 Å². The van der Waals surface area contributed by atoms with Gasteiger partial charge in [-0.25, -0.2) is 0 Å². The zero-order chi connectivity index (χ0) is 15.8. The summed E-state index contributed by atoms with van der Waals surface area (Å²) in [4.78, 5) is 23.2. The summed E-state index contributed by atoms with van der Waals surface area (Å²) < 4.78 is 14.9. The van der Waals surface area contributed by atoms with Gasteiger partial charge in [0.25, 0.3) is 5.91 Å². The minimum absolute atomic E-state index is 0.314. The van der Waals surface area contributed by atoms with E-state index in [-0.39, 0.29) is 6.54 Å². The van der Waals surface area contributed by atoms with Crippen molar-refractivity contribution in [3.05, 3.63) is 23.8 Å². The van der Waals surface area contributed by atoms with Gasteiger partial charge in [-0.05, 0) is 25.1 Å². The number of carbonyl (C=O) groups excluding carboxylic acids is 2. The number of carbonyl (C=O) groups is 2. The Labute approximate surface area is 122 Å². The molecule has 0 fully saturated rings. The highest BCUT2D eigenvalue weighted by molar-refractivity contribution is 5.96. The number of esters is 1. The summed E-state index contributed by atoms with van der Waals surface area (Å²) in [7, 11) is 2.95. The summed E-state index contributed by atoms with van der Waals surface area (Å²) in [6, 6.07) is 6.38. The van der Waals surface area contributed by atoms with Crippen LogP contribution in [0.1, 0.15) is 17.3 Å². The minimum Gasteiger partial charge on any atom is -0.493 e. The van der Waals surface area contributed by atoms with E-state index >= 15 is 0 Å². The first-order valence-electron chi connectivity index (χ1n) is 6.11. The van der Waals surface area contributed by atoms with Crippen LogP contribution in [0.15, 0.2) is 18.2 Å². The fourth-order valence-corrected chi connectivity index (χ4v) is 1.50. The van der Waals surface area contributed by atoms with Crippen molar-refractivity contribution in [3.8, 4) is 17.6 Å². The van der Waals surface area contributed by atoms with E-state index in [1.54, 1.807) is 18.2 Å². The van der Waals surface area contributed by atoms with Gasteiger partial charge in [-0.1, -0.05) is 0 Å². The number of hydrogen-bond donors (Lipinski definition) is 1. The first kappa shape index (κ1) is 16.3. The standard InChI is InChI=1S/C14H16N2O5/c1-9(7-15)21-13(17)8-16-14(18)10-4-5-11(19-2)12(6-10)20-3/h4-6,9H,8H2,1-3H3,(H,16,18). The van der Waals surface area contributed by atoms with Crippen LogP contribution in [0.25, 0.3) is 0 Å². The monoisotopic (exact) mass is 292 g/mol. The van der Waals surface area contributed by atoms with Crippen LogP contribution in [0.4, 0.5) is 0 Å². The van der Waals surface area contributed by atoms with E-state index in [0.29, 0.717) is 17.1 Å². The molecule has 0 bridgehead atoms. The predicted octanol–water partition coefficient (Wildman–Crippen LogP) is 0.889. The number of rotatable bonds is 6. The van der Waals surface area contributed by atoms with Gasteiger partial charge in [-0.3, -0.25) is 9.59 Å². The zero-order valence-electron chi connectivity index (χ0n) is 12.0. The quantitative estimate of drug-likeness (QED) is 0.782. The molecular formula is C14H16N2O5. The topological polar surface area (TPSA) is 97.6 Å². The number of nitrogens with zero attached hydrogens (tertiary/aromatic N) is 1. The van der Waals surface area contributed by atoms with E-state index in [2.05, 4.69) is 5.32 Å². The summed E-state index contributed by atoms with van der Waals surface area (Å²) in [5, 5.41) is 10.9. The summed E-state index contributed by atoms with van der Waals surface area (Å²) >= 11 is 0. The maximum Gasteiger partial charge on any atom is 0.326 e. The fraction of sp³-hybridized carbons (Fsp3) is 0.357. The fourth-order valence-electron chi connectivity index (χ4n) is 1.50. The van der Waals surface area contributed by atoms with Crippen LogP contribution in [0.3, 0.4) is 0 Å². The van der Waals surface area contributed by atoms with Gasteiger partial charge in [0.1, 0.15) is 12.6 Å². The Hall–Kier alpha value is -2.75. The molecule has 0 aromatic heterocycles. The number of ether oxygens (including phenoxy) is 3. The summed E-state index contributed by atoms with van der Waals surface area (Å²) in [5.41, 5.74) is 0.314. The minimum atomic E-state index is -0.851. The maximum atomic E-state index is 11.9. The van der Waals surface area contributed by atoms with Crippen molar-refractivity contribution < 1.29 is 23.8 Å². The molecule has 21 heavy (non-hydrogen) atoms.